The van der Waals surface area contributed by atoms with Gasteiger partial charge >= 0.3 is 0 Å². The van der Waals surface area contributed by atoms with Crippen molar-refractivity contribution in [3.63, 3.8) is 0 Å². The Morgan fingerprint density at radius 1 is 1.20 bits per heavy atom. The Bertz CT molecular complexity index is 947. The number of carbonyl (C=O) groups excluding carboxylic acids is 1. The molecule has 1 aliphatic rings. The third-order valence-electron chi connectivity index (χ3n) is 4.66. The van der Waals surface area contributed by atoms with Crippen molar-refractivity contribution in [2.75, 3.05) is 18.6 Å². The van der Waals surface area contributed by atoms with Crippen LogP contribution in [-0.4, -0.2) is 20.1 Å². The zero-order chi connectivity index (χ0) is 18.4. The van der Waals surface area contributed by atoms with E-state index in [4.69, 9.17) is 9.47 Å². The lowest BCUT2D eigenvalue weighted by Crippen LogP contribution is -2.36. The highest BCUT2D eigenvalue weighted by atomic mass is 16.5. The fourth-order valence-electron chi connectivity index (χ4n) is 3.35. The Morgan fingerprint density at radius 3 is 2.56 bits per heavy atom. The third kappa shape index (κ3) is 2.45. The highest BCUT2D eigenvalue weighted by Crippen LogP contribution is 2.48. The van der Waals surface area contributed by atoms with E-state index >= 15 is 0 Å². The first kappa shape index (κ1) is 17.0. The van der Waals surface area contributed by atoms with Gasteiger partial charge in [-0.3, -0.25) is 14.4 Å². The lowest BCUT2D eigenvalue weighted by molar-refractivity contribution is -0.120. The molecule has 1 aliphatic heterocycles. The van der Waals surface area contributed by atoms with Gasteiger partial charge < -0.3 is 14.4 Å². The summed E-state index contributed by atoms with van der Waals surface area (Å²) in [5.41, 5.74) is 1.55. The highest BCUT2D eigenvalue weighted by Gasteiger charge is 2.39. The molecule has 0 N–H and O–H groups in total. The van der Waals surface area contributed by atoms with E-state index < -0.39 is 16.3 Å². The maximum Gasteiger partial charge on any atom is 0.298 e. The van der Waals surface area contributed by atoms with E-state index in [-0.39, 0.29) is 5.75 Å². The summed E-state index contributed by atoms with van der Waals surface area (Å²) >= 11 is 0. The molecule has 0 spiro atoms. The van der Waals surface area contributed by atoms with E-state index in [2.05, 4.69) is 0 Å². The van der Waals surface area contributed by atoms with E-state index in [1.807, 2.05) is 37.9 Å². The number of carbonyl (C=O) groups is 1. The van der Waals surface area contributed by atoms with E-state index in [1.165, 1.54) is 0 Å². The van der Waals surface area contributed by atoms with E-state index in [1.54, 1.807) is 19.1 Å². The van der Waals surface area contributed by atoms with Gasteiger partial charge in [0.05, 0.1) is 12.2 Å². The van der Waals surface area contributed by atoms with Crippen LogP contribution in [0, 0.1) is 0 Å². The van der Waals surface area contributed by atoms with Crippen molar-refractivity contribution in [3.8, 4) is 11.5 Å². The minimum absolute atomic E-state index is 0.130. The van der Waals surface area contributed by atoms with Crippen LogP contribution in [0.15, 0.2) is 33.5 Å². The van der Waals surface area contributed by atoms with Crippen LogP contribution in [0.5, 0.6) is 11.5 Å². The maximum atomic E-state index is 12.0. The van der Waals surface area contributed by atoms with Gasteiger partial charge in [0.1, 0.15) is 5.75 Å². The molecule has 0 aliphatic carbocycles. The number of anilines is 1. The molecule has 0 unspecified atom stereocenters. The summed E-state index contributed by atoms with van der Waals surface area (Å²) in [5.74, 6) is 0.589. The molecule has 0 saturated heterocycles. The Kier molecular flexibility index (Phi) is 3.99. The first-order valence-corrected chi connectivity index (χ1v) is 7.99. The molecule has 6 heteroatoms. The van der Waals surface area contributed by atoms with Gasteiger partial charge in [-0.2, -0.15) is 0 Å². The van der Waals surface area contributed by atoms with Crippen molar-refractivity contribution in [1.29, 1.82) is 0 Å². The standard InChI is InChI=1S/C19H19NO5/c1-5-24-18-12(16(22)17(18)23)9-15-19(2,3)13-8-11(25-10-21)6-7-14(13)20(15)4/h6-10H,5H2,1-4H3/b15-9+. The first-order valence-electron chi connectivity index (χ1n) is 7.99. The predicted molar refractivity (Wildman–Crippen MR) is 95.1 cm³/mol. The van der Waals surface area contributed by atoms with Crippen LogP contribution in [0.3, 0.4) is 0 Å². The fraction of sp³-hybridized carbons (Fsp3) is 0.316. The largest absolute Gasteiger partial charge is 0.489 e. The zero-order valence-corrected chi connectivity index (χ0v) is 14.6. The maximum absolute atomic E-state index is 12.0. The molecule has 0 bridgehead atoms. The Balaban J connectivity index is 2.10. The van der Waals surface area contributed by atoms with Crippen LogP contribution in [0.1, 0.15) is 31.9 Å². The van der Waals surface area contributed by atoms with E-state index in [0.29, 0.717) is 24.4 Å². The molecule has 3 rings (SSSR count). The van der Waals surface area contributed by atoms with Gasteiger partial charge in [-0.15, -0.1) is 0 Å². The van der Waals surface area contributed by atoms with Gasteiger partial charge in [-0.25, -0.2) is 0 Å². The lowest BCUT2D eigenvalue weighted by atomic mass is 9.83. The van der Waals surface area contributed by atoms with Gasteiger partial charge in [0.25, 0.3) is 11.9 Å². The van der Waals surface area contributed by atoms with Gasteiger partial charge in [-0.1, -0.05) is 13.8 Å². The molecular formula is C19H19NO5. The molecule has 2 aromatic carbocycles. The normalized spacial score (nSPS) is 17.0. The molecule has 1 heterocycles. The molecule has 25 heavy (non-hydrogen) atoms. The molecule has 0 atom stereocenters. The monoisotopic (exact) mass is 341 g/mol. The molecule has 0 saturated carbocycles. The van der Waals surface area contributed by atoms with Gasteiger partial charge in [0.2, 0.25) is 5.43 Å². The van der Waals surface area contributed by atoms with Crippen LogP contribution in [0.25, 0.3) is 6.08 Å². The number of rotatable bonds is 5. The topological polar surface area (TPSA) is 72.9 Å². The predicted octanol–water partition coefficient (Wildman–Crippen LogP) is 1.98. The second-order valence-electron chi connectivity index (χ2n) is 6.44. The molecule has 6 nitrogen and oxygen atoms in total. The van der Waals surface area contributed by atoms with Crippen molar-refractivity contribution in [2.45, 2.75) is 26.2 Å². The van der Waals surface area contributed by atoms with Crippen molar-refractivity contribution in [1.82, 2.24) is 0 Å². The van der Waals surface area contributed by atoms with E-state index in [9.17, 15) is 14.4 Å². The van der Waals surface area contributed by atoms with Crippen molar-refractivity contribution >= 4 is 18.2 Å². The SMILES string of the molecule is CCOc1c(/C=C2/N(C)c3ccc(OC=O)cc3C2(C)C)c(=O)c1=O. The van der Waals surface area contributed by atoms with Crippen LogP contribution >= 0.6 is 0 Å². The molecule has 0 aromatic heterocycles. The number of likely N-dealkylation sites (N-methyl/N-ethyl adjacent to an activating group) is 1. The fourth-order valence-corrected chi connectivity index (χ4v) is 3.35. The van der Waals surface area contributed by atoms with Crippen molar-refractivity contribution < 1.29 is 14.3 Å². The van der Waals surface area contributed by atoms with Crippen LogP contribution in [0.4, 0.5) is 5.69 Å². The summed E-state index contributed by atoms with van der Waals surface area (Å²) < 4.78 is 10.2. The van der Waals surface area contributed by atoms with Gasteiger partial charge in [0, 0.05) is 23.8 Å². The van der Waals surface area contributed by atoms with Crippen molar-refractivity contribution in [2.24, 2.45) is 0 Å². The Labute approximate surface area is 145 Å². The van der Waals surface area contributed by atoms with Crippen molar-refractivity contribution in [3.05, 3.63) is 55.5 Å². The number of hydrogen-bond donors (Lipinski definition) is 0. The summed E-state index contributed by atoms with van der Waals surface area (Å²) in [5, 5.41) is 0. The molecular weight excluding hydrogens is 322 g/mol. The number of benzene rings is 1. The summed E-state index contributed by atoms with van der Waals surface area (Å²) in [4.78, 5) is 36.2. The average Bonchev–Trinajstić information content (AvgIpc) is 2.78. The summed E-state index contributed by atoms with van der Waals surface area (Å²) in [6.45, 7) is 6.51. The minimum atomic E-state index is -0.577. The quantitative estimate of drug-likeness (QED) is 0.612. The number of nitrogens with zero attached hydrogens (tertiary/aromatic N) is 1. The Morgan fingerprint density at radius 2 is 1.92 bits per heavy atom. The summed E-state index contributed by atoms with van der Waals surface area (Å²) in [7, 11) is 1.89. The number of allylic oxidation sites excluding steroid dienone is 1. The zero-order valence-electron chi connectivity index (χ0n) is 14.6. The Hall–Kier alpha value is -2.89. The molecule has 2 aromatic rings. The smallest absolute Gasteiger partial charge is 0.298 e. The average molecular weight is 341 g/mol. The van der Waals surface area contributed by atoms with E-state index in [0.717, 1.165) is 16.9 Å². The second-order valence-corrected chi connectivity index (χ2v) is 6.44. The number of fused-ring (bicyclic) bond motifs is 1. The van der Waals surface area contributed by atoms with Crippen LogP contribution in [0.2, 0.25) is 0 Å². The molecule has 0 amide bonds. The number of ether oxygens (including phenoxy) is 2. The summed E-state index contributed by atoms with van der Waals surface area (Å²) in [6, 6.07) is 5.39. The van der Waals surface area contributed by atoms with Crippen LogP contribution in [-0.2, 0) is 10.2 Å². The van der Waals surface area contributed by atoms with Gasteiger partial charge in [0.15, 0.2) is 5.75 Å². The lowest BCUT2D eigenvalue weighted by Gasteiger charge is -2.24. The summed E-state index contributed by atoms with van der Waals surface area (Å²) in [6.07, 6.45) is 1.72. The molecule has 130 valence electrons. The first-order chi connectivity index (χ1) is 11.8. The molecule has 0 fully saturated rings. The molecule has 0 radical (unpaired) electrons. The third-order valence-corrected chi connectivity index (χ3v) is 4.66. The second kappa shape index (κ2) is 5.88. The number of hydrogen-bond acceptors (Lipinski definition) is 6. The van der Waals surface area contributed by atoms with Crippen LogP contribution < -0.4 is 25.2 Å². The highest BCUT2D eigenvalue weighted by molar-refractivity contribution is 5.78. The minimum Gasteiger partial charge on any atom is -0.489 e. The van der Waals surface area contributed by atoms with Gasteiger partial charge in [-0.05, 0) is 36.8 Å².